The molecule has 5 aromatic rings. The van der Waals surface area contributed by atoms with Gasteiger partial charge in [-0.1, -0.05) is 12.1 Å². The van der Waals surface area contributed by atoms with Gasteiger partial charge in [0.2, 0.25) is 0 Å². The van der Waals surface area contributed by atoms with Crippen molar-refractivity contribution in [3.8, 4) is 23.0 Å². The molecule has 204 valence electrons. The molecule has 5 rings (SSSR count). The van der Waals surface area contributed by atoms with E-state index in [-0.39, 0.29) is 34.5 Å². The van der Waals surface area contributed by atoms with Crippen molar-refractivity contribution in [1.29, 1.82) is 0 Å². The molecule has 2 heterocycles. The van der Waals surface area contributed by atoms with Crippen LogP contribution < -0.4 is 20.1 Å². The number of fused-ring (bicyclic) bond motifs is 1. The van der Waals surface area contributed by atoms with Gasteiger partial charge < -0.3 is 19.2 Å². The molecule has 1 amide bonds. The standard InChI is InChI=1S/C25H20FN7O6S/c1-37-21-12-15(6-11-20(21)38-40(35,36)17-9-7-16(26)8-10-17)13-28-30-22(34)14-33-19-5-3-2-4-18(19)29-25(33)23-24(27)32-39-31-23/h2-13H,14H2,1H3,(H2,27,32)(H,30,34)/b28-13+. The largest absolute Gasteiger partial charge is 0.493 e. The molecule has 0 fully saturated rings. The summed E-state index contributed by atoms with van der Waals surface area (Å²) in [5, 5.41) is 11.3. The van der Waals surface area contributed by atoms with E-state index in [1.54, 1.807) is 28.8 Å². The number of imidazole rings is 1. The number of methoxy groups -OCH3 is 1. The number of halogens is 1. The van der Waals surface area contributed by atoms with Gasteiger partial charge in [0.25, 0.3) is 5.91 Å². The van der Waals surface area contributed by atoms with Crippen LogP contribution in [-0.4, -0.2) is 47.5 Å². The molecule has 0 aliphatic heterocycles. The highest BCUT2D eigenvalue weighted by Gasteiger charge is 2.21. The summed E-state index contributed by atoms with van der Waals surface area (Å²) in [6.07, 6.45) is 1.34. The Labute approximate surface area is 226 Å². The summed E-state index contributed by atoms with van der Waals surface area (Å²) in [7, 11) is -2.90. The number of nitrogens with two attached hydrogens (primary N) is 1. The number of carbonyl (C=O) groups is 1. The minimum absolute atomic E-state index is 0.0295. The van der Waals surface area contributed by atoms with E-state index in [4.69, 9.17) is 14.7 Å². The third kappa shape index (κ3) is 5.44. The zero-order valence-corrected chi connectivity index (χ0v) is 21.5. The van der Waals surface area contributed by atoms with E-state index < -0.39 is 21.8 Å². The SMILES string of the molecule is COc1cc(/C=N/NC(=O)Cn2c(-c3nonc3N)nc3ccccc32)ccc1OS(=O)(=O)c1ccc(F)cc1. The van der Waals surface area contributed by atoms with Crippen LogP contribution in [0.3, 0.4) is 0 Å². The van der Waals surface area contributed by atoms with Crippen LogP contribution in [0, 0.1) is 5.82 Å². The number of ether oxygens (including phenoxy) is 1. The first-order valence-corrected chi connectivity index (χ1v) is 12.9. The molecule has 3 aromatic carbocycles. The molecule has 0 saturated heterocycles. The van der Waals surface area contributed by atoms with E-state index in [0.29, 0.717) is 22.4 Å². The fourth-order valence-corrected chi connectivity index (χ4v) is 4.67. The molecule has 0 aliphatic carbocycles. The second-order valence-corrected chi connectivity index (χ2v) is 9.75. The van der Waals surface area contributed by atoms with Gasteiger partial charge in [0.15, 0.2) is 28.8 Å². The third-order valence-corrected chi connectivity index (χ3v) is 6.82. The monoisotopic (exact) mass is 565 g/mol. The maximum atomic E-state index is 13.2. The predicted molar refractivity (Wildman–Crippen MR) is 140 cm³/mol. The Morgan fingerprint density at radius 3 is 2.62 bits per heavy atom. The number of hydrogen-bond acceptors (Lipinski definition) is 11. The molecule has 0 spiro atoms. The average molecular weight is 566 g/mol. The lowest BCUT2D eigenvalue weighted by Crippen LogP contribution is -2.23. The Hall–Kier alpha value is -5.31. The summed E-state index contributed by atoms with van der Waals surface area (Å²) in [6, 6.07) is 15.7. The van der Waals surface area contributed by atoms with Crippen molar-refractivity contribution >= 4 is 39.1 Å². The number of aromatic nitrogens is 4. The summed E-state index contributed by atoms with van der Waals surface area (Å²) in [6.45, 7) is -0.170. The zero-order valence-electron chi connectivity index (χ0n) is 20.7. The number of nitrogen functional groups attached to an aromatic ring is 1. The molecular weight excluding hydrogens is 545 g/mol. The highest BCUT2D eigenvalue weighted by atomic mass is 32.2. The van der Waals surface area contributed by atoms with Crippen LogP contribution in [0.15, 0.2) is 81.4 Å². The zero-order chi connectivity index (χ0) is 28.3. The summed E-state index contributed by atoms with van der Waals surface area (Å²) >= 11 is 0. The maximum Gasteiger partial charge on any atom is 0.339 e. The Morgan fingerprint density at radius 2 is 1.90 bits per heavy atom. The molecule has 13 nitrogen and oxygen atoms in total. The maximum absolute atomic E-state index is 13.2. The fraction of sp³-hybridized carbons (Fsp3) is 0.0800. The van der Waals surface area contributed by atoms with Crippen LogP contribution in [0.25, 0.3) is 22.6 Å². The van der Waals surface area contributed by atoms with Crippen LogP contribution in [0.2, 0.25) is 0 Å². The fourth-order valence-electron chi connectivity index (χ4n) is 3.73. The summed E-state index contributed by atoms with van der Waals surface area (Å²) in [4.78, 5) is 17.0. The quantitative estimate of drug-likeness (QED) is 0.153. The second-order valence-electron chi connectivity index (χ2n) is 8.20. The minimum Gasteiger partial charge on any atom is -0.493 e. The smallest absolute Gasteiger partial charge is 0.339 e. The van der Waals surface area contributed by atoms with Gasteiger partial charge in [-0.3, -0.25) is 4.79 Å². The number of hydrogen-bond donors (Lipinski definition) is 2. The summed E-state index contributed by atoms with van der Waals surface area (Å²) in [5.74, 6) is -0.726. The van der Waals surface area contributed by atoms with E-state index in [1.807, 2.05) is 0 Å². The Kier molecular flexibility index (Phi) is 7.11. The predicted octanol–water partition coefficient (Wildman–Crippen LogP) is 2.73. The number of hydrazone groups is 1. The van der Waals surface area contributed by atoms with Gasteiger partial charge in [0, 0.05) is 0 Å². The number of nitrogens with one attached hydrogen (secondary N) is 1. The third-order valence-electron chi connectivity index (χ3n) is 5.57. The molecule has 2 aromatic heterocycles. The van der Waals surface area contributed by atoms with Gasteiger partial charge in [0.1, 0.15) is 17.3 Å². The van der Waals surface area contributed by atoms with Gasteiger partial charge in [-0.15, -0.1) is 0 Å². The van der Waals surface area contributed by atoms with Crippen molar-refractivity contribution in [2.75, 3.05) is 12.8 Å². The number of para-hydroxylation sites is 2. The number of anilines is 1. The molecule has 40 heavy (non-hydrogen) atoms. The van der Waals surface area contributed by atoms with Crippen molar-refractivity contribution < 1.29 is 31.2 Å². The average Bonchev–Trinajstić information content (AvgIpc) is 3.52. The molecule has 15 heteroatoms. The molecule has 0 radical (unpaired) electrons. The molecule has 0 unspecified atom stereocenters. The highest BCUT2D eigenvalue weighted by Crippen LogP contribution is 2.30. The lowest BCUT2D eigenvalue weighted by atomic mass is 10.2. The number of rotatable bonds is 9. The molecule has 0 atom stereocenters. The van der Waals surface area contributed by atoms with E-state index in [2.05, 4.69) is 30.5 Å². The van der Waals surface area contributed by atoms with Gasteiger partial charge in [-0.05, 0) is 70.5 Å². The van der Waals surface area contributed by atoms with Crippen LogP contribution in [0.5, 0.6) is 11.5 Å². The molecule has 0 aliphatic rings. The number of benzene rings is 3. The Bertz CT molecular complexity index is 1830. The first-order chi connectivity index (χ1) is 19.2. The van der Waals surface area contributed by atoms with Crippen LogP contribution >= 0.6 is 0 Å². The van der Waals surface area contributed by atoms with Crippen molar-refractivity contribution in [2.45, 2.75) is 11.4 Å². The van der Waals surface area contributed by atoms with E-state index >= 15 is 0 Å². The van der Waals surface area contributed by atoms with Crippen molar-refractivity contribution in [3.05, 3.63) is 78.1 Å². The van der Waals surface area contributed by atoms with Crippen LogP contribution in [0.1, 0.15) is 5.56 Å². The molecular formula is C25H20FN7O6S. The molecule has 3 N–H and O–H groups in total. The topological polar surface area (TPSA) is 177 Å². The van der Waals surface area contributed by atoms with E-state index in [9.17, 15) is 17.6 Å². The first-order valence-electron chi connectivity index (χ1n) is 11.5. The van der Waals surface area contributed by atoms with Crippen LogP contribution in [-0.2, 0) is 21.5 Å². The van der Waals surface area contributed by atoms with Gasteiger partial charge >= 0.3 is 10.1 Å². The highest BCUT2D eigenvalue weighted by molar-refractivity contribution is 7.87. The lowest BCUT2D eigenvalue weighted by Gasteiger charge is -2.11. The minimum atomic E-state index is -4.23. The van der Waals surface area contributed by atoms with Crippen molar-refractivity contribution in [1.82, 2.24) is 25.3 Å². The molecule has 0 bridgehead atoms. The number of carbonyl (C=O) groups excluding carboxylic acids is 1. The molecule has 0 saturated carbocycles. The summed E-state index contributed by atoms with van der Waals surface area (Å²) < 4.78 is 54.9. The number of nitrogens with zero attached hydrogens (tertiary/aromatic N) is 5. The normalized spacial score (nSPS) is 11.7. The van der Waals surface area contributed by atoms with Gasteiger partial charge in [-0.25, -0.2) is 19.4 Å². The lowest BCUT2D eigenvalue weighted by molar-refractivity contribution is -0.121. The second kappa shape index (κ2) is 10.8. The van der Waals surface area contributed by atoms with Crippen molar-refractivity contribution in [3.63, 3.8) is 0 Å². The van der Waals surface area contributed by atoms with Gasteiger partial charge in [0.05, 0.1) is 24.4 Å². The van der Waals surface area contributed by atoms with Gasteiger partial charge in [-0.2, -0.15) is 13.5 Å². The number of amides is 1. The summed E-state index contributed by atoms with van der Waals surface area (Å²) in [5.41, 5.74) is 10.2. The van der Waals surface area contributed by atoms with E-state index in [1.165, 1.54) is 31.5 Å². The first kappa shape index (κ1) is 26.3. The van der Waals surface area contributed by atoms with E-state index in [0.717, 1.165) is 24.3 Å². The Morgan fingerprint density at radius 1 is 1.12 bits per heavy atom. The Balaban J connectivity index is 1.30. The van der Waals surface area contributed by atoms with Crippen LogP contribution in [0.4, 0.5) is 10.2 Å². The van der Waals surface area contributed by atoms with Crippen molar-refractivity contribution in [2.24, 2.45) is 5.10 Å².